The van der Waals surface area contributed by atoms with Crippen LogP contribution in [0.4, 0.5) is 5.69 Å². The topological polar surface area (TPSA) is 150 Å². The predicted octanol–water partition coefficient (Wildman–Crippen LogP) is 2.72. The van der Waals surface area contributed by atoms with Gasteiger partial charge in [0.1, 0.15) is 16.7 Å². The summed E-state index contributed by atoms with van der Waals surface area (Å²) in [6, 6.07) is 5.90. The predicted molar refractivity (Wildman–Crippen MR) is 105 cm³/mol. The zero-order chi connectivity index (χ0) is 21.9. The van der Waals surface area contributed by atoms with Crippen LogP contribution in [-0.2, 0) is 10.0 Å². The standard InChI is InChI=1S/C18H19N5O6S/c1-11(2)16(18-20-17(21-29-18)12-5-4-8-19-10-12)22-30(26,27)15-9-13(23(24)25)6-7-14(15)28-3/h4-11,16,22H,1-3H3. The number of rotatable bonds is 8. The molecule has 12 heteroatoms. The van der Waals surface area contributed by atoms with Crippen molar-refractivity contribution < 1.29 is 22.6 Å². The van der Waals surface area contributed by atoms with Crippen LogP contribution in [0.2, 0.25) is 0 Å². The summed E-state index contributed by atoms with van der Waals surface area (Å²) in [6.07, 6.45) is 3.15. The number of nitrogens with one attached hydrogen (secondary N) is 1. The van der Waals surface area contributed by atoms with Crippen molar-refractivity contribution >= 4 is 15.7 Å². The lowest BCUT2D eigenvalue weighted by molar-refractivity contribution is -0.385. The van der Waals surface area contributed by atoms with E-state index in [4.69, 9.17) is 9.26 Å². The second-order valence-corrected chi connectivity index (χ2v) is 8.32. The van der Waals surface area contributed by atoms with Gasteiger partial charge in [-0.2, -0.15) is 9.71 Å². The van der Waals surface area contributed by atoms with Gasteiger partial charge in [0.2, 0.25) is 21.7 Å². The maximum absolute atomic E-state index is 13.0. The fourth-order valence-electron chi connectivity index (χ4n) is 2.67. The van der Waals surface area contributed by atoms with Crippen LogP contribution < -0.4 is 9.46 Å². The maximum atomic E-state index is 13.0. The summed E-state index contributed by atoms with van der Waals surface area (Å²) in [5, 5.41) is 15.0. The second kappa shape index (κ2) is 8.55. The van der Waals surface area contributed by atoms with E-state index in [1.807, 2.05) is 0 Å². The molecule has 158 valence electrons. The highest BCUT2D eigenvalue weighted by Crippen LogP contribution is 2.31. The van der Waals surface area contributed by atoms with Crippen LogP contribution in [0.25, 0.3) is 11.4 Å². The molecule has 0 spiro atoms. The van der Waals surface area contributed by atoms with Gasteiger partial charge in [0.15, 0.2) is 0 Å². The summed E-state index contributed by atoms with van der Waals surface area (Å²) in [5.41, 5.74) is 0.229. The first-order valence-electron chi connectivity index (χ1n) is 8.81. The summed E-state index contributed by atoms with van der Waals surface area (Å²) in [6.45, 7) is 3.54. The van der Waals surface area contributed by atoms with E-state index in [9.17, 15) is 18.5 Å². The molecule has 30 heavy (non-hydrogen) atoms. The number of aromatic nitrogens is 3. The lowest BCUT2D eigenvalue weighted by Crippen LogP contribution is -2.32. The van der Waals surface area contributed by atoms with Crippen LogP contribution in [0.3, 0.4) is 0 Å². The summed E-state index contributed by atoms with van der Waals surface area (Å²) in [4.78, 5) is 18.3. The van der Waals surface area contributed by atoms with Crippen LogP contribution in [0.1, 0.15) is 25.8 Å². The lowest BCUT2D eigenvalue weighted by atomic mass is 10.1. The third-order valence-corrected chi connectivity index (χ3v) is 5.69. The molecule has 0 radical (unpaired) electrons. The van der Waals surface area contributed by atoms with E-state index < -0.39 is 21.0 Å². The van der Waals surface area contributed by atoms with Gasteiger partial charge >= 0.3 is 0 Å². The highest BCUT2D eigenvalue weighted by atomic mass is 32.2. The molecule has 0 fully saturated rings. The molecule has 3 aromatic rings. The van der Waals surface area contributed by atoms with E-state index in [-0.39, 0.29) is 34.0 Å². The zero-order valence-electron chi connectivity index (χ0n) is 16.3. The van der Waals surface area contributed by atoms with E-state index in [1.54, 1.807) is 38.4 Å². The Balaban J connectivity index is 1.97. The third-order valence-electron chi connectivity index (χ3n) is 4.22. The number of sulfonamides is 1. The fraction of sp³-hybridized carbons (Fsp3) is 0.278. The van der Waals surface area contributed by atoms with Gasteiger partial charge in [0, 0.05) is 30.1 Å². The highest BCUT2D eigenvalue weighted by Gasteiger charge is 2.31. The van der Waals surface area contributed by atoms with Crippen molar-refractivity contribution in [2.75, 3.05) is 7.11 Å². The van der Waals surface area contributed by atoms with Gasteiger partial charge in [0.05, 0.1) is 12.0 Å². The zero-order valence-corrected chi connectivity index (χ0v) is 17.2. The van der Waals surface area contributed by atoms with Gasteiger partial charge in [-0.15, -0.1) is 0 Å². The number of hydrogen-bond acceptors (Lipinski definition) is 9. The average Bonchev–Trinajstić information content (AvgIpc) is 3.22. The van der Waals surface area contributed by atoms with Gasteiger partial charge < -0.3 is 9.26 Å². The second-order valence-electron chi connectivity index (χ2n) is 6.63. The average molecular weight is 433 g/mol. The first kappa shape index (κ1) is 21.3. The SMILES string of the molecule is COc1ccc([N+](=O)[O-])cc1S(=O)(=O)NC(c1nc(-c2cccnc2)no1)C(C)C. The summed E-state index contributed by atoms with van der Waals surface area (Å²) in [7, 11) is -2.95. The van der Waals surface area contributed by atoms with Crippen molar-refractivity contribution in [2.45, 2.75) is 24.8 Å². The number of ether oxygens (including phenoxy) is 1. The molecule has 3 rings (SSSR count). The first-order valence-corrected chi connectivity index (χ1v) is 10.3. The Morgan fingerprint density at radius 1 is 1.27 bits per heavy atom. The van der Waals surface area contributed by atoms with Crippen molar-refractivity contribution in [1.29, 1.82) is 0 Å². The molecule has 2 heterocycles. The Kier molecular flexibility index (Phi) is 6.08. The highest BCUT2D eigenvalue weighted by molar-refractivity contribution is 7.89. The minimum absolute atomic E-state index is 0.0304. The molecule has 0 aliphatic carbocycles. The van der Waals surface area contributed by atoms with E-state index in [2.05, 4.69) is 19.8 Å². The van der Waals surface area contributed by atoms with Gasteiger partial charge in [-0.05, 0) is 24.1 Å². The first-order chi connectivity index (χ1) is 14.2. The number of non-ortho nitro benzene ring substituents is 1. The number of nitrogens with zero attached hydrogens (tertiary/aromatic N) is 4. The Morgan fingerprint density at radius 3 is 2.63 bits per heavy atom. The fourth-order valence-corrected chi connectivity index (χ4v) is 4.19. The third kappa shape index (κ3) is 4.44. The van der Waals surface area contributed by atoms with Crippen LogP contribution >= 0.6 is 0 Å². The Morgan fingerprint density at radius 2 is 2.03 bits per heavy atom. The summed E-state index contributed by atoms with van der Waals surface area (Å²) >= 11 is 0. The molecule has 1 unspecified atom stereocenters. The molecule has 2 aromatic heterocycles. The minimum Gasteiger partial charge on any atom is -0.495 e. The number of nitro groups is 1. The lowest BCUT2D eigenvalue weighted by Gasteiger charge is -2.19. The van der Waals surface area contributed by atoms with Gasteiger partial charge in [0.25, 0.3) is 5.69 Å². The number of methoxy groups -OCH3 is 1. The number of benzene rings is 1. The molecule has 1 aromatic carbocycles. The molecule has 1 atom stereocenters. The monoisotopic (exact) mass is 433 g/mol. The molecular formula is C18H19N5O6S. The smallest absolute Gasteiger partial charge is 0.271 e. The maximum Gasteiger partial charge on any atom is 0.271 e. The Hall–Kier alpha value is -3.38. The molecule has 0 aliphatic rings. The Labute approximate surface area is 172 Å². The number of hydrogen-bond donors (Lipinski definition) is 1. The molecule has 0 amide bonds. The van der Waals surface area contributed by atoms with Crippen molar-refractivity contribution in [3.8, 4) is 17.1 Å². The van der Waals surface area contributed by atoms with Gasteiger partial charge in [-0.25, -0.2) is 8.42 Å². The number of nitro benzene ring substituents is 1. The van der Waals surface area contributed by atoms with Crippen molar-refractivity contribution in [3.05, 3.63) is 58.7 Å². The molecule has 0 saturated carbocycles. The van der Waals surface area contributed by atoms with E-state index in [0.29, 0.717) is 5.56 Å². The van der Waals surface area contributed by atoms with Crippen LogP contribution in [-0.4, -0.2) is 35.6 Å². The van der Waals surface area contributed by atoms with Gasteiger partial charge in [-0.1, -0.05) is 19.0 Å². The molecule has 0 saturated heterocycles. The molecule has 1 N–H and O–H groups in total. The summed E-state index contributed by atoms with van der Waals surface area (Å²) < 4.78 is 38.9. The minimum atomic E-state index is -4.23. The summed E-state index contributed by atoms with van der Waals surface area (Å²) in [5.74, 6) is 0.0107. The number of pyridine rings is 1. The van der Waals surface area contributed by atoms with Crippen molar-refractivity contribution in [3.63, 3.8) is 0 Å². The van der Waals surface area contributed by atoms with E-state index in [0.717, 1.165) is 12.1 Å². The van der Waals surface area contributed by atoms with Crippen molar-refractivity contribution in [1.82, 2.24) is 19.8 Å². The van der Waals surface area contributed by atoms with Crippen molar-refractivity contribution in [2.24, 2.45) is 5.92 Å². The van der Waals surface area contributed by atoms with Crippen LogP contribution in [0, 0.1) is 16.0 Å². The largest absolute Gasteiger partial charge is 0.495 e. The van der Waals surface area contributed by atoms with Gasteiger partial charge in [-0.3, -0.25) is 15.1 Å². The van der Waals surface area contributed by atoms with Crippen LogP contribution in [0.15, 0.2) is 52.1 Å². The van der Waals surface area contributed by atoms with E-state index in [1.165, 1.54) is 13.2 Å². The quantitative estimate of drug-likeness (QED) is 0.417. The molecule has 0 bridgehead atoms. The molecule has 0 aliphatic heterocycles. The van der Waals surface area contributed by atoms with E-state index >= 15 is 0 Å². The molecule has 11 nitrogen and oxygen atoms in total. The normalized spacial score (nSPS) is 12.7. The molecular weight excluding hydrogens is 414 g/mol. The Bertz CT molecular complexity index is 1150. The van der Waals surface area contributed by atoms with Crippen LogP contribution in [0.5, 0.6) is 5.75 Å².